The third kappa shape index (κ3) is 3.08. The zero-order valence-electron chi connectivity index (χ0n) is 15.0. The molecule has 3 N–H and O–H groups in total. The van der Waals surface area contributed by atoms with E-state index in [2.05, 4.69) is 22.1 Å². The van der Waals surface area contributed by atoms with Gasteiger partial charge in [-0.25, -0.2) is 9.78 Å². The first-order valence-electron chi connectivity index (χ1n) is 8.95. The average molecular weight is 378 g/mol. The van der Waals surface area contributed by atoms with Gasteiger partial charge in [0.2, 0.25) is 5.91 Å². The lowest BCUT2D eigenvalue weighted by Crippen LogP contribution is -2.33. The molecule has 4 rings (SSSR count). The van der Waals surface area contributed by atoms with Crippen molar-refractivity contribution in [1.29, 1.82) is 0 Å². The van der Waals surface area contributed by atoms with Crippen molar-refractivity contribution in [2.45, 2.75) is 12.8 Å². The monoisotopic (exact) mass is 378 g/mol. The summed E-state index contributed by atoms with van der Waals surface area (Å²) in [6.07, 6.45) is 1.17. The van der Waals surface area contributed by atoms with Crippen LogP contribution in [0.5, 0.6) is 5.75 Å². The van der Waals surface area contributed by atoms with Crippen molar-refractivity contribution in [1.82, 2.24) is 10.3 Å². The number of carbonyl (C=O) groups is 2. The molecule has 1 aromatic heterocycles. The quantitative estimate of drug-likeness (QED) is 0.694. The molecule has 1 saturated heterocycles. The van der Waals surface area contributed by atoms with Crippen LogP contribution in [-0.2, 0) is 11.2 Å². The molecule has 0 aliphatic carbocycles. The number of fused-ring (bicyclic) bond motifs is 1. The van der Waals surface area contributed by atoms with Gasteiger partial charge in [0.1, 0.15) is 16.9 Å². The number of carbonyl (C=O) groups excluding carboxylic acids is 1. The first-order valence-corrected chi connectivity index (χ1v) is 8.95. The lowest BCUT2D eigenvalue weighted by Gasteiger charge is -2.15. The molecule has 1 aromatic carbocycles. The molecule has 28 heavy (non-hydrogen) atoms. The highest BCUT2D eigenvalue weighted by molar-refractivity contribution is 5.88. The van der Waals surface area contributed by atoms with E-state index in [0.717, 1.165) is 5.56 Å². The number of carboxylic acids is 1. The summed E-state index contributed by atoms with van der Waals surface area (Å²) in [6, 6.07) is 8.47. The molecule has 0 spiro atoms. The molecule has 0 unspecified atom stereocenters. The molecule has 2 aliphatic rings. The largest absolute Gasteiger partial charge is 0.492 e. The Morgan fingerprint density at radius 1 is 1.36 bits per heavy atom. The Labute approximate surface area is 161 Å². The number of aromatic nitrogens is 1. The number of ether oxygens (including phenoxy) is 1. The van der Waals surface area contributed by atoms with Crippen LogP contribution in [0.15, 0.2) is 30.3 Å². The van der Waals surface area contributed by atoms with E-state index >= 15 is 0 Å². The predicted molar refractivity (Wildman–Crippen MR) is 99.9 cm³/mol. The summed E-state index contributed by atoms with van der Waals surface area (Å²) < 4.78 is 5.74. The first-order chi connectivity index (χ1) is 13.5. The van der Waals surface area contributed by atoms with Crippen molar-refractivity contribution in [3.8, 4) is 28.8 Å². The van der Waals surface area contributed by atoms with Gasteiger partial charge >= 0.3 is 5.97 Å². The molecule has 0 bridgehead atoms. The number of rotatable bonds is 3. The van der Waals surface area contributed by atoms with Gasteiger partial charge in [0.25, 0.3) is 0 Å². The minimum atomic E-state index is -1.10. The third-order valence-electron chi connectivity index (χ3n) is 5.02. The van der Waals surface area contributed by atoms with Crippen molar-refractivity contribution in [2.75, 3.05) is 19.8 Å². The summed E-state index contributed by atoms with van der Waals surface area (Å²) in [5.41, 5.74) is 1.63. The van der Waals surface area contributed by atoms with E-state index in [9.17, 15) is 19.8 Å². The maximum atomic E-state index is 12.1. The Hall–Kier alpha value is -3.37. The maximum Gasteiger partial charge on any atom is 0.354 e. The fraction of sp³-hybridized carbons (Fsp3) is 0.286. The maximum absolute atomic E-state index is 12.1. The van der Waals surface area contributed by atoms with Crippen LogP contribution in [-0.4, -0.2) is 46.8 Å². The van der Waals surface area contributed by atoms with E-state index < -0.39 is 11.4 Å². The highest BCUT2D eigenvalue weighted by Gasteiger charge is 2.40. The fourth-order valence-corrected chi connectivity index (χ4v) is 3.45. The Bertz CT molecular complexity index is 1040. The summed E-state index contributed by atoms with van der Waals surface area (Å²) in [5, 5.41) is 21.6. The topological polar surface area (TPSA) is 109 Å². The summed E-state index contributed by atoms with van der Waals surface area (Å²) in [4.78, 5) is 27.5. The smallest absolute Gasteiger partial charge is 0.354 e. The number of pyridine rings is 1. The van der Waals surface area contributed by atoms with Crippen LogP contribution in [0.1, 0.15) is 28.0 Å². The van der Waals surface area contributed by atoms with Crippen LogP contribution in [0.25, 0.3) is 11.3 Å². The van der Waals surface area contributed by atoms with E-state index in [0.29, 0.717) is 48.6 Å². The summed E-state index contributed by atoms with van der Waals surface area (Å²) in [7, 11) is 0. The Balaban J connectivity index is 1.79. The van der Waals surface area contributed by atoms with Crippen molar-refractivity contribution < 1.29 is 24.5 Å². The van der Waals surface area contributed by atoms with Gasteiger partial charge in [-0.05, 0) is 36.2 Å². The molecule has 7 nitrogen and oxygen atoms in total. The Kier molecular flexibility index (Phi) is 4.49. The van der Waals surface area contributed by atoms with Crippen LogP contribution in [0.4, 0.5) is 0 Å². The van der Waals surface area contributed by atoms with E-state index in [4.69, 9.17) is 4.74 Å². The third-order valence-corrected chi connectivity index (χ3v) is 5.02. The van der Waals surface area contributed by atoms with Crippen molar-refractivity contribution in [3.05, 3.63) is 47.2 Å². The number of benzene rings is 1. The van der Waals surface area contributed by atoms with Crippen molar-refractivity contribution >= 4 is 11.9 Å². The number of aliphatic hydroxyl groups is 1. The number of aliphatic hydroxyl groups excluding tert-OH is 1. The van der Waals surface area contributed by atoms with Gasteiger partial charge in [0.15, 0.2) is 0 Å². The van der Waals surface area contributed by atoms with Gasteiger partial charge in [-0.2, -0.15) is 0 Å². The molecule has 1 amide bonds. The van der Waals surface area contributed by atoms with Gasteiger partial charge in [0, 0.05) is 24.1 Å². The zero-order valence-corrected chi connectivity index (χ0v) is 15.0. The number of nitrogens with zero attached hydrogens (tertiary/aromatic N) is 1. The Morgan fingerprint density at radius 3 is 2.93 bits per heavy atom. The molecule has 0 radical (unpaired) electrons. The summed E-state index contributed by atoms with van der Waals surface area (Å²) in [5.74, 6) is 5.27. The number of hydrogen-bond donors (Lipinski definition) is 3. The SMILES string of the molecule is O=C(O)c1cccc(-c2cc(C#C[C@@]3(CO)CCNC3=O)cc3c2OCC3)n1. The summed E-state index contributed by atoms with van der Waals surface area (Å²) >= 11 is 0. The highest BCUT2D eigenvalue weighted by Crippen LogP contribution is 2.37. The number of aromatic carboxylic acids is 1. The second kappa shape index (κ2) is 6.98. The molecule has 3 heterocycles. The van der Waals surface area contributed by atoms with E-state index in [-0.39, 0.29) is 18.2 Å². The molecule has 0 saturated carbocycles. The fourth-order valence-electron chi connectivity index (χ4n) is 3.45. The normalized spacial score (nSPS) is 20.0. The number of amides is 1. The van der Waals surface area contributed by atoms with Crippen LogP contribution < -0.4 is 10.1 Å². The molecule has 1 fully saturated rings. The second-order valence-electron chi connectivity index (χ2n) is 6.82. The minimum absolute atomic E-state index is 0.0532. The zero-order chi connectivity index (χ0) is 19.7. The van der Waals surface area contributed by atoms with Gasteiger partial charge in [-0.1, -0.05) is 17.9 Å². The molecule has 1 atom stereocenters. The lowest BCUT2D eigenvalue weighted by molar-refractivity contribution is -0.126. The second-order valence-corrected chi connectivity index (χ2v) is 6.82. The Morgan fingerprint density at radius 2 is 2.21 bits per heavy atom. The molecular weight excluding hydrogens is 360 g/mol. The lowest BCUT2D eigenvalue weighted by atomic mass is 9.87. The van der Waals surface area contributed by atoms with E-state index in [1.807, 2.05) is 6.07 Å². The predicted octanol–water partition coefficient (Wildman–Crippen LogP) is 1.23. The van der Waals surface area contributed by atoms with Crippen molar-refractivity contribution in [3.63, 3.8) is 0 Å². The van der Waals surface area contributed by atoms with Gasteiger partial charge < -0.3 is 20.3 Å². The van der Waals surface area contributed by atoms with Gasteiger partial charge in [-0.15, -0.1) is 0 Å². The van der Waals surface area contributed by atoms with E-state index in [1.54, 1.807) is 18.2 Å². The molecule has 2 aromatic rings. The van der Waals surface area contributed by atoms with Crippen LogP contribution in [0.3, 0.4) is 0 Å². The number of hydrogen-bond acceptors (Lipinski definition) is 5. The molecule has 2 aliphatic heterocycles. The van der Waals surface area contributed by atoms with E-state index in [1.165, 1.54) is 6.07 Å². The standard InChI is InChI=1S/C21H18N2O5/c24-12-21(7-8-22-20(21)27)6-4-13-10-14-5-9-28-18(14)15(11-13)16-2-1-3-17(23-16)19(25)26/h1-3,10-11,24H,5,7-9,12H2,(H,22,27)(H,25,26)/t21-/m0/s1. The van der Waals surface area contributed by atoms with Gasteiger partial charge in [-0.3, -0.25) is 4.79 Å². The van der Waals surface area contributed by atoms with Crippen LogP contribution in [0, 0.1) is 17.3 Å². The molecule has 7 heteroatoms. The summed E-state index contributed by atoms with van der Waals surface area (Å²) in [6.45, 7) is 0.680. The van der Waals surface area contributed by atoms with Gasteiger partial charge in [0.05, 0.1) is 18.9 Å². The number of nitrogens with one attached hydrogen (secondary N) is 1. The van der Waals surface area contributed by atoms with Crippen molar-refractivity contribution in [2.24, 2.45) is 5.41 Å². The minimum Gasteiger partial charge on any atom is -0.492 e. The first kappa shape index (κ1) is 18.0. The molecular formula is C21H18N2O5. The van der Waals surface area contributed by atoms with Crippen LogP contribution in [0.2, 0.25) is 0 Å². The highest BCUT2D eigenvalue weighted by atomic mass is 16.5. The van der Waals surface area contributed by atoms with Crippen LogP contribution >= 0.6 is 0 Å². The average Bonchev–Trinajstić information content (AvgIpc) is 3.32. The molecule has 142 valence electrons. The number of carboxylic acid groups (broad SMARTS) is 1.